The summed E-state index contributed by atoms with van der Waals surface area (Å²) in [6.07, 6.45) is 3.27. The Balaban J connectivity index is 1.82. The summed E-state index contributed by atoms with van der Waals surface area (Å²) in [5, 5.41) is 3.52. The van der Waals surface area contributed by atoms with Crippen LogP contribution in [0.15, 0.2) is 18.2 Å². The lowest BCUT2D eigenvalue weighted by molar-refractivity contribution is 0.102. The van der Waals surface area contributed by atoms with Crippen molar-refractivity contribution in [2.75, 3.05) is 11.1 Å². The first-order valence-electron chi connectivity index (χ1n) is 6.29. The van der Waals surface area contributed by atoms with Crippen LogP contribution in [0.4, 0.5) is 10.8 Å². The normalized spacial score (nSPS) is 13.3. The van der Waals surface area contributed by atoms with Crippen LogP contribution in [-0.2, 0) is 12.8 Å². The Labute approximate surface area is 115 Å². The smallest absolute Gasteiger partial charge is 0.259 e. The molecule has 0 unspecified atom stereocenters. The van der Waals surface area contributed by atoms with Gasteiger partial charge in [0, 0.05) is 10.6 Å². The van der Waals surface area contributed by atoms with E-state index in [1.54, 1.807) is 23.5 Å². The van der Waals surface area contributed by atoms with E-state index in [2.05, 4.69) is 10.3 Å². The van der Waals surface area contributed by atoms with E-state index in [-0.39, 0.29) is 5.91 Å². The van der Waals surface area contributed by atoms with Crippen LogP contribution in [0, 0.1) is 6.92 Å². The number of aryl methyl sites for hydroxylation is 3. The Hall–Kier alpha value is -1.88. The molecular weight excluding hydrogens is 258 g/mol. The molecule has 2 aromatic rings. The van der Waals surface area contributed by atoms with Gasteiger partial charge in [-0.1, -0.05) is 11.6 Å². The number of nitrogens with two attached hydrogens (primary N) is 1. The van der Waals surface area contributed by atoms with Crippen molar-refractivity contribution >= 4 is 28.1 Å². The number of fused-ring (bicyclic) bond motifs is 1. The SMILES string of the molecule is Cc1ccc(N)c(C(=O)Nc2nc3c(s2)CCC3)c1. The van der Waals surface area contributed by atoms with E-state index in [1.165, 1.54) is 11.3 Å². The Morgan fingerprint density at radius 3 is 3.05 bits per heavy atom. The van der Waals surface area contributed by atoms with Crippen LogP contribution in [0.2, 0.25) is 0 Å². The molecule has 4 nitrogen and oxygen atoms in total. The lowest BCUT2D eigenvalue weighted by Gasteiger charge is -2.06. The molecule has 1 aliphatic rings. The number of anilines is 2. The maximum atomic E-state index is 12.2. The van der Waals surface area contributed by atoms with E-state index in [4.69, 9.17) is 5.73 Å². The molecule has 0 spiro atoms. The predicted octanol–water partition coefficient (Wildman–Crippen LogP) is 2.77. The van der Waals surface area contributed by atoms with Crippen molar-refractivity contribution in [1.29, 1.82) is 0 Å². The molecule has 3 rings (SSSR count). The summed E-state index contributed by atoms with van der Waals surface area (Å²) in [4.78, 5) is 17.9. The highest BCUT2D eigenvalue weighted by molar-refractivity contribution is 7.16. The summed E-state index contributed by atoms with van der Waals surface area (Å²) in [7, 11) is 0. The van der Waals surface area contributed by atoms with Gasteiger partial charge in [0.2, 0.25) is 0 Å². The molecule has 1 aromatic carbocycles. The van der Waals surface area contributed by atoms with E-state index < -0.39 is 0 Å². The van der Waals surface area contributed by atoms with Crippen molar-refractivity contribution in [3.63, 3.8) is 0 Å². The first kappa shape index (κ1) is 12.2. The monoisotopic (exact) mass is 273 g/mol. The topological polar surface area (TPSA) is 68.0 Å². The third-order valence-electron chi connectivity index (χ3n) is 3.27. The highest BCUT2D eigenvalue weighted by Crippen LogP contribution is 2.30. The zero-order valence-corrected chi connectivity index (χ0v) is 11.5. The fourth-order valence-corrected chi connectivity index (χ4v) is 3.32. The molecule has 0 radical (unpaired) electrons. The van der Waals surface area contributed by atoms with Crippen molar-refractivity contribution in [2.24, 2.45) is 0 Å². The van der Waals surface area contributed by atoms with Gasteiger partial charge in [0.05, 0.1) is 11.3 Å². The molecule has 0 saturated carbocycles. The molecule has 0 atom stereocenters. The van der Waals surface area contributed by atoms with Crippen LogP contribution < -0.4 is 11.1 Å². The molecule has 19 heavy (non-hydrogen) atoms. The van der Waals surface area contributed by atoms with Gasteiger partial charge in [-0.2, -0.15) is 0 Å². The fraction of sp³-hybridized carbons (Fsp3) is 0.286. The third kappa shape index (κ3) is 2.33. The second-order valence-corrected chi connectivity index (χ2v) is 5.87. The molecule has 5 heteroatoms. The van der Waals surface area contributed by atoms with Crippen LogP contribution >= 0.6 is 11.3 Å². The zero-order valence-electron chi connectivity index (χ0n) is 10.7. The number of carbonyl (C=O) groups is 1. The average molecular weight is 273 g/mol. The van der Waals surface area contributed by atoms with Crippen molar-refractivity contribution in [3.8, 4) is 0 Å². The van der Waals surface area contributed by atoms with Gasteiger partial charge in [0.15, 0.2) is 5.13 Å². The third-order valence-corrected chi connectivity index (χ3v) is 4.34. The van der Waals surface area contributed by atoms with Crippen LogP contribution in [0.5, 0.6) is 0 Å². The minimum absolute atomic E-state index is 0.186. The van der Waals surface area contributed by atoms with E-state index >= 15 is 0 Å². The summed E-state index contributed by atoms with van der Waals surface area (Å²) in [6.45, 7) is 1.94. The molecule has 0 aliphatic heterocycles. The zero-order chi connectivity index (χ0) is 13.4. The molecule has 0 bridgehead atoms. The first-order chi connectivity index (χ1) is 9.13. The Morgan fingerprint density at radius 2 is 2.26 bits per heavy atom. The maximum absolute atomic E-state index is 12.2. The Morgan fingerprint density at radius 1 is 1.42 bits per heavy atom. The number of aromatic nitrogens is 1. The van der Waals surface area contributed by atoms with Crippen LogP contribution in [0.25, 0.3) is 0 Å². The molecule has 1 aromatic heterocycles. The summed E-state index contributed by atoms with van der Waals surface area (Å²) in [5.74, 6) is -0.186. The van der Waals surface area contributed by atoms with Crippen molar-refractivity contribution in [3.05, 3.63) is 39.9 Å². The van der Waals surface area contributed by atoms with Gasteiger partial charge in [-0.25, -0.2) is 4.98 Å². The number of benzene rings is 1. The Kier molecular flexibility index (Phi) is 2.98. The number of nitrogens with one attached hydrogen (secondary N) is 1. The standard InChI is InChI=1S/C14H15N3OS/c1-8-5-6-10(15)9(7-8)13(18)17-14-16-11-3-2-4-12(11)19-14/h5-7H,2-4,15H2,1H3,(H,16,17,18). The first-order valence-corrected chi connectivity index (χ1v) is 7.11. The minimum atomic E-state index is -0.186. The Bertz CT molecular complexity index is 627. The van der Waals surface area contributed by atoms with Gasteiger partial charge in [-0.15, -0.1) is 11.3 Å². The van der Waals surface area contributed by atoms with Gasteiger partial charge in [-0.05, 0) is 38.3 Å². The second-order valence-electron chi connectivity index (χ2n) is 4.79. The van der Waals surface area contributed by atoms with E-state index in [1.807, 2.05) is 13.0 Å². The van der Waals surface area contributed by atoms with Crippen LogP contribution in [0.1, 0.15) is 32.9 Å². The van der Waals surface area contributed by atoms with Crippen molar-refractivity contribution in [2.45, 2.75) is 26.2 Å². The number of rotatable bonds is 2. The van der Waals surface area contributed by atoms with Gasteiger partial charge in [-0.3, -0.25) is 10.1 Å². The fourth-order valence-electron chi connectivity index (χ4n) is 2.28. The summed E-state index contributed by atoms with van der Waals surface area (Å²) < 4.78 is 0. The molecular formula is C14H15N3OS. The van der Waals surface area contributed by atoms with E-state index in [0.29, 0.717) is 16.4 Å². The molecule has 3 N–H and O–H groups in total. The highest BCUT2D eigenvalue weighted by Gasteiger charge is 2.18. The molecule has 0 saturated heterocycles. The average Bonchev–Trinajstić information content (AvgIpc) is 2.92. The molecule has 1 amide bonds. The predicted molar refractivity (Wildman–Crippen MR) is 77.7 cm³/mol. The summed E-state index contributed by atoms with van der Waals surface area (Å²) in [5.41, 5.74) is 8.99. The number of nitrogen functional groups attached to an aromatic ring is 1. The quantitative estimate of drug-likeness (QED) is 0.827. The number of hydrogen-bond donors (Lipinski definition) is 2. The second kappa shape index (κ2) is 4.66. The number of amides is 1. The van der Waals surface area contributed by atoms with Gasteiger partial charge in [0.1, 0.15) is 0 Å². The number of carbonyl (C=O) groups excluding carboxylic acids is 1. The lowest BCUT2D eigenvalue weighted by Crippen LogP contribution is -2.14. The molecule has 98 valence electrons. The number of thiazole rings is 1. The lowest BCUT2D eigenvalue weighted by atomic mass is 10.1. The van der Waals surface area contributed by atoms with Gasteiger partial charge >= 0.3 is 0 Å². The summed E-state index contributed by atoms with van der Waals surface area (Å²) in [6, 6.07) is 5.45. The van der Waals surface area contributed by atoms with E-state index in [9.17, 15) is 4.79 Å². The van der Waals surface area contributed by atoms with Crippen molar-refractivity contribution in [1.82, 2.24) is 4.98 Å². The van der Waals surface area contributed by atoms with Crippen LogP contribution in [0.3, 0.4) is 0 Å². The number of hydrogen-bond acceptors (Lipinski definition) is 4. The number of nitrogens with zero attached hydrogens (tertiary/aromatic N) is 1. The minimum Gasteiger partial charge on any atom is -0.398 e. The molecule has 0 fully saturated rings. The van der Waals surface area contributed by atoms with Gasteiger partial charge in [0.25, 0.3) is 5.91 Å². The van der Waals surface area contributed by atoms with Gasteiger partial charge < -0.3 is 5.73 Å². The summed E-state index contributed by atoms with van der Waals surface area (Å²) >= 11 is 1.57. The maximum Gasteiger partial charge on any atom is 0.259 e. The molecule has 1 aliphatic carbocycles. The largest absolute Gasteiger partial charge is 0.398 e. The van der Waals surface area contributed by atoms with E-state index in [0.717, 1.165) is 24.1 Å². The highest BCUT2D eigenvalue weighted by atomic mass is 32.1. The molecule has 1 heterocycles. The van der Waals surface area contributed by atoms with Crippen molar-refractivity contribution < 1.29 is 4.79 Å². The van der Waals surface area contributed by atoms with Crippen LogP contribution in [-0.4, -0.2) is 10.9 Å².